The maximum Gasteiger partial charge on any atom is 0.311 e. The van der Waals surface area contributed by atoms with Gasteiger partial charge in [0, 0.05) is 17.5 Å². The molecule has 1 atom stereocenters. The van der Waals surface area contributed by atoms with Crippen molar-refractivity contribution in [1.82, 2.24) is 5.32 Å². The van der Waals surface area contributed by atoms with Crippen molar-refractivity contribution in [3.8, 4) is 0 Å². The van der Waals surface area contributed by atoms with E-state index in [0.29, 0.717) is 6.54 Å². The third-order valence-electron chi connectivity index (χ3n) is 3.63. The first kappa shape index (κ1) is 16.1. The summed E-state index contributed by atoms with van der Waals surface area (Å²) >= 11 is 0. The van der Waals surface area contributed by atoms with Crippen LogP contribution in [0.15, 0.2) is 22.8 Å². The van der Waals surface area contributed by atoms with Gasteiger partial charge in [0.15, 0.2) is 6.10 Å². The van der Waals surface area contributed by atoms with Crippen LogP contribution in [0.25, 0.3) is 11.0 Å². The minimum Gasteiger partial charge on any atom is -0.464 e. The van der Waals surface area contributed by atoms with Gasteiger partial charge in [-0.15, -0.1) is 0 Å². The van der Waals surface area contributed by atoms with E-state index in [9.17, 15) is 9.59 Å². The van der Waals surface area contributed by atoms with Gasteiger partial charge in [0.05, 0.1) is 12.7 Å². The summed E-state index contributed by atoms with van der Waals surface area (Å²) < 4.78 is 10.6. The van der Waals surface area contributed by atoms with E-state index in [1.807, 2.05) is 32.9 Å². The van der Waals surface area contributed by atoms with Crippen molar-refractivity contribution in [3.05, 3.63) is 35.1 Å². The van der Waals surface area contributed by atoms with Crippen molar-refractivity contribution >= 4 is 22.8 Å². The number of likely N-dealkylation sites (N-methyl/N-ethyl adjacent to an activating group) is 1. The number of furan rings is 1. The first-order valence-corrected chi connectivity index (χ1v) is 7.37. The molecule has 2 aromatic rings. The molecule has 1 heterocycles. The SMILES string of the molecule is CCNC(=O)[C@H](C)OC(=O)Cc1coc2cc(C)c(C)cc12. The van der Waals surface area contributed by atoms with Crippen LogP contribution in [-0.2, 0) is 20.7 Å². The number of nitrogens with one attached hydrogen (secondary N) is 1. The minimum absolute atomic E-state index is 0.0826. The number of rotatable bonds is 5. The summed E-state index contributed by atoms with van der Waals surface area (Å²) in [6, 6.07) is 3.96. The van der Waals surface area contributed by atoms with Crippen LogP contribution in [0.3, 0.4) is 0 Å². The highest BCUT2D eigenvalue weighted by atomic mass is 16.5. The van der Waals surface area contributed by atoms with Gasteiger partial charge < -0.3 is 14.5 Å². The zero-order valence-corrected chi connectivity index (χ0v) is 13.4. The largest absolute Gasteiger partial charge is 0.464 e. The van der Waals surface area contributed by atoms with E-state index in [0.717, 1.165) is 27.7 Å². The molecule has 0 fully saturated rings. The van der Waals surface area contributed by atoms with Crippen molar-refractivity contribution in [2.24, 2.45) is 0 Å². The monoisotopic (exact) mass is 303 g/mol. The highest BCUT2D eigenvalue weighted by Gasteiger charge is 2.19. The Hall–Kier alpha value is -2.30. The number of aryl methyl sites for hydroxylation is 2. The molecule has 0 saturated carbocycles. The first-order chi connectivity index (χ1) is 10.4. The number of benzene rings is 1. The fourth-order valence-electron chi connectivity index (χ4n) is 2.24. The lowest BCUT2D eigenvalue weighted by atomic mass is 10.0. The molecule has 0 saturated heterocycles. The van der Waals surface area contributed by atoms with Gasteiger partial charge in [0.25, 0.3) is 5.91 Å². The maximum atomic E-state index is 12.0. The Bertz CT molecular complexity index is 702. The lowest BCUT2D eigenvalue weighted by Gasteiger charge is -2.12. The van der Waals surface area contributed by atoms with E-state index < -0.39 is 12.1 Å². The standard InChI is InChI=1S/C17H21NO4/c1-5-18-17(20)12(4)22-16(19)8-13-9-21-15-7-11(3)10(2)6-14(13)15/h6-7,9,12H,5,8H2,1-4H3,(H,18,20)/t12-/m0/s1. The molecule has 1 aromatic carbocycles. The molecule has 0 aliphatic carbocycles. The Morgan fingerprint density at radius 3 is 2.64 bits per heavy atom. The van der Waals surface area contributed by atoms with Gasteiger partial charge in [0.1, 0.15) is 5.58 Å². The molecule has 0 aliphatic rings. The van der Waals surface area contributed by atoms with Gasteiger partial charge in [0.2, 0.25) is 0 Å². The number of carbonyl (C=O) groups is 2. The van der Waals surface area contributed by atoms with Crippen molar-refractivity contribution in [1.29, 1.82) is 0 Å². The van der Waals surface area contributed by atoms with Crippen molar-refractivity contribution in [2.45, 2.75) is 40.2 Å². The predicted octanol–water partition coefficient (Wildman–Crippen LogP) is 2.66. The summed E-state index contributed by atoms with van der Waals surface area (Å²) in [4.78, 5) is 23.5. The average molecular weight is 303 g/mol. The molecule has 0 aliphatic heterocycles. The van der Waals surface area contributed by atoms with Gasteiger partial charge in [-0.05, 0) is 51.0 Å². The lowest BCUT2D eigenvalue weighted by Crippen LogP contribution is -2.35. The van der Waals surface area contributed by atoms with Crippen molar-refractivity contribution in [2.75, 3.05) is 6.54 Å². The highest BCUT2D eigenvalue weighted by Crippen LogP contribution is 2.25. The van der Waals surface area contributed by atoms with E-state index in [-0.39, 0.29) is 12.3 Å². The van der Waals surface area contributed by atoms with Gasteiger partial charge in [-0.25, -0.2) is 0 Å². The second-order valence-corrected chi connectivity index (χ2v) is 5.40. The molecule has 0 radical (unpaired) electrons. The molecular formula is C17H21NO4. The Kier molecular flexibility index (Phi) is 4.85. The number of esters is 1. The third kappa shape index (κ3) is 3.47. The fraction of sp³-hybridized carbons (Fsp3) is 0.412. The van der Waals surface area contributed by atoms with E-state index in [2.05, 4.69) is 5.32 Å². The molecule has 1 amide bonds. The summed E-state index contributed by atoms with van der Waals surface area (Å²) in [6.45, 7) is 7.91. The normalized spacial score (nSPS) is 12.2. The third-order valence-corrected chi connectivity index (χ3v) is 3.63. The fourth-order valence-corrected chi connectivity index (χ4v) is 2.24. The Morgan fingerprint density at radius 1 is 1.27 bits per heavy atom. The molecule has 0 bridgehead atoms. The smallest absolute Gasteiger partial charge is 0.311 e. The predicted molar refractivity (Wildman–Crippen MR) is 83.6 cm³/mol. The molecular weight excluding hydrogens is 282 g/mol. The second-order valence-electron chi connectivity index (χ2n) is 5.40. The van der Waals surface area contributed by atoms with Crippen LogP contribution in [0.1, 0.15) is 30.5 Å². The number of amides is 1. The molecule has 1 N–H and O–H groups in total. The van der Waals surface area contributed by atoms with E-state index in [1.54, 1.807) is 13.2 Å². The van der Waals surface area contributed by atoms with E-state index in [4.69, 9.17) is 9.15 Å². The summed E-state index contributed by atoms with van der Waals surface area (Å²) in [5, 5.41) is 3.53. The van der Waals surface area contributed by atoms with Crippen molar-refractivity contribution in [3.63, 3.8) is 0 Å². The number of hydrogen-bond donors (Lipinski definition) is 1. The van der Waals surface area contributed by atoms with Crippen LogP contribution in [-0.4, -0.2) is 24.5 Å². The summed E-state index contributed by atoms with van der Waals surface area (Å²) in [6.07, 6.45) is 0.857. The zero-order valence-electron chi connectivity index (χ0n) is 13.4. The van der Waals surface area contributed by atoms with Gasteiger partial charge >= 0.3 is 5.97 Å². The number of carbonyl (C=O) groups excluding carboxylic acids is 2. The summed E-state index contributed by atoms with van der Waals surface area (Å²) in [5.41, 5.74) is 3.80. The number of fused-ring (bicyclic) bond motifs is 1. The Balaban J connectivity index is 2.09. The van der Waals surface area contributed by atoms with Crippen LogP contribution < -0.4 is 5.32 Å². The van der Waals surface area contributed by atoms with Crippen molar-refractivity contribution < 1.29 is 18.7 Å². The average Bonchev–Trinajstić information content (AvgIpc) is 2.82. The Labute approximate surface area is 129 Å². The van der Waals surface area contributed by atoms with E-state index >= 15 is 0 Å². The molecule has 0 spiro atoms. The highest BCUT2D eigenvalue weighted by molar-refractivity contribution is 5.88. The van der Waals surface area contributed by atoms with Gasteiger partial charge in [-0.1, -0.05) is 0 Å². The topological polar surface area (TPSA) is 68.5 Å². The van der Waals surface area contributed by atoms with Crippen LogP contribution >= 0.6 is 0 Å². The van der Waals surface area contributed by atoms with Crippen LogP contribution in [0.2, 0.25) is 0 Å². The lowest BCUT2D eigenvalue weighted by molar-refractivity contribution is -0.154. The molecule has 5 nitrogen and oxygen atoms in total. The van der Waals surface area contributed by atoms with E-state index in [1.165, 1.54) is 0 Å². The zero-order chi connectivity index (χ0) is 16.3. The van der Waals surface area contributed by atoms with Crippen LogP contribution in [0, 0.1) is 13.8 Å². The summed E-state index contributed by atoms with van der Waals surface area (Å²) in [5.74, 6) is -0.737. The molecule has 22 heavy (non-hydrogen) atoms. The first-order valence-electron chi connectivity index (χ1n) is 7.37. The quantitative estimate of drug-likeness (QED) is 0.862. The molecule has 0 unspecified atom stereocenters. The molecule has 5 heteroatoms. The van der Waals surface area contributed by atoms with Crippen LogP contribution in [0.4, 0.5) is 0 Å². The Morgan fingerprint density at radius 2 is 1.95 bits per heavy atom. The maximum absolute atomic E-state index is 12.0. The number of hydrogen-bond acceptors (Lipinski definition) is 4. The van der Waals surface area contributed by atoms with Gasteiger partial charge in [-0.3, -0.25) is 9.59 Å². The van der Waals surface area contributed by atoms with Gasteiger partial charge in [-0.2, -0.15) is 0 Å². The summed E-state index contributed by atoms with van der Waals surface area (Å²) in [7, 11) is 0. The molecule has 2 rings (SSSR count). The van der Waals surface area contributed by atoms with Crippen LogP contribution in [0.5, 0.6) is 0 Å². The molecule has 1 aromatic heterocycles. The number of ether oxygens (including phenoxy) is 1. The minimum atomic E-state index is -0.797. The second kappa shape index (κ2) is 6.64. The molecule has 118 valence electrons.